The van der Waals surface area contributed by atoms with Crippen LogP contribution in [-0.2, 0) is 11.2 Å². The molecule has 3 rings (SSSR count). The molecule has 0 aliphatic carbocycles. The van der Waals surface area contributed by atoms with Crippen molar-refractivity contribution < 1.29 is 9.53 Å². The van der Waals surface area contributed by atoms with Crippen LogP contribution in [0.5, 0.6) is 0 Å². The van der Waals surface area contributed by atoms with Crippen molar-refractivity contribution in [1.82, 2.24) is 20.5 Å². The van der Waals surface area contributed by atoms with Gasteiger partial charge in [0.05, 0.1) is 6.61 Å². The lowest BCUT2D eigenvalue weighted by Crippen LogP contribution is -2.50. The predicted molar refractivity (Wildman–Crippen MR) is 108 cm³/mol. The molecule has 0 spiro atoms. The molecule has 2 heterocycles. The third-order valence-corrected chi connectivity index (χ3v) is 4.95. The molecule has 7 heteroatoms. The minimum absolute atomic E-state index is 0.211. The highest BCUT2D eigenvalue weighted by atomic mass is 16.6. The van der Waals surface area contributed by atoms with E-state index in [2.05, 4.69) is 45.0 Å². The van der Waals surface area contributed by atoms with Gasteiger partial charge in [0, 0.05) is 49.8 Å². The van der Waals surface area contributed by atoms with Crippen LogP contribution in [0.3, 0.4) is 0 Å². The largest absolute Gasteiger partial charge is 0.450 e. The molecule has 0 saturated carbocycles. The van der Waals surface area contributed by atoms with Crippen molar-refractivity contribution in [1.29, 1.82) is 0 Å². The van der Waals surface area contributed by atoms with Gasteiger partial charge in [0.15, 0.2) is 5.96 Å². The first-order valence-electron chi connectivity index (χ1n) is 9.65. The quantitative estimate of drug-likeness (QED) is 0.557. The standard InChI is InChI=1S/C20H29N5O2/c1-3-27-20(26)25-12-9-16(10-13-25)24-19(21-2)22-11-8-15-14-23-18-7-5-4-6-17(15)18/h4-7,14,16,23H,3,8-13H2,1-2H3,(H2,21,22,24). The zero-order valence-corrected chi connectivity index (χ0v) is 16.1. The molecule has 146 valence electrons. The molecule has 7 nitrogen and oxygen atoms in total. The number of rotatable bonds is 5. The van der Waals surface area contributed by atoms with Crippen LogP contribution in [0.25, 0.3) is 10.9 Å². The normalized spacial score (nSPS) is 15.8. The number of aliphatic imine (C=N–C) groups is 1. The van der Waals surface area contributed by atoms with Crippen molar-refractivity contribution in [2.24, 2.45) is 4.99 Å². The minimum Gasteiger partial charge on any atom is -0.450 e. The topological polar surface area (TPSA) is 81.8 Å². The summed E-state index contributed by atoms with van der Waals surface area (Å²) in [5.41, 5.74) is 2.47. The minimum atomic E-state index is -0.211. The number of nitrogens with zero attached hydrogens (tertiary/aromatic N) is 2. The predicted octanol–water partition coefficient (Wildman–Crippen LogP) is 2.50. The monoisotopic (exact) mass is 371 g/mol. The fourth-order valence-electron chi connectivity index (χ4n) is 3.46. The van der Waals surface area contributed by atoms with Gasteiger partial charge in [0.2, 0.25) is 0 Å². The number of likely N-dealkylation sites (tertiary alicyclic amines) is 1. The molecule has 1 saturated heterocycles. The number of aromatic nitrogens is 1. The summed E-state index contributed by atoms with van der Waals surface area (Å²) >= 11 is 0. The number of ether oxygens (including phenoxy) is 1. The van der Waals surface area contributed by atoms with E-state index in [9.17, 15) is 4.79 Å². The molecule has 1 aromatic carbocycles. The Hall–Kier alpha value is -2.70. The molecule has 0 unspecified atom stereocenters. The number of hydrogen-bond donors (Lipinski definition) is 3. The van der Waals surface area contributed by atoms with Gasteiger partial charge in [0.1, 0.15) is 0 Å². The summed E-state index contributed by atoms with van der Waals surface area (Å²) in [5, 5.41) is 8.13. The number of carbonyl (C=O) groups is 1. The molecule has 0 atom stereocenters. The summed E-state index contributed by atoms with van der Waals surface area (Å²) in [7, 11) is 1.79. The Labute approximate surface area is 160 Å². The van der Waals surface area contributed by atoms with Gasteiger partial charge in [-0.3, -0.25) is 4.99 Å². The summed E-state index contributed by atoms with van der Waals surface area (Å²) < 4.78 is 5.07. The lowest BCUT2D eigenvalue weighted by atomic mass is 10.1. The number of nitrogens with one attached hydrogen (secondary N) is 3. The van der Waals surface area contributed by atoms with Crippen LogP contribution in [0.2, 0.25) is 0 Å². The van der Waals surface area contributed by atoms with E-state index in [0.717, 1.165) is 31.8 Å². The van der Waals surface area contributed by atoms with Crippen LogP contribution in [0.1, 0.15) is 25.3 Å². The first kappa shape index (κ1) is 19.1. The van der Waals surface area contributed by atoms with Crippen molar-refractivity contribution in [2.45, 2.75) is 32.2 Å². The first-order valence-corrected chi connectivity index (χ1v) is 9.65. The zero-order chi connectivity index (χ0) is 19.1. The Morgan fingerprint density at radius 1 is 1.33 bits per heavy atom. The maximum atomic E-state index is 11.8. The average molecular weight is 371 g/mol. The highest BCUT2D eigenvalue weighted by Crippen LogP contribution is 2.17. The number of carbonyl (C=O) groups excluding carboxylic acids is 1. The molecule has 1 aliphatic rings. The summed E-state index contributed by atoms with van der Waals surface area (Å²) in [6.45, 7) is 4.48. The molecule has 0 bridgehead atoms. The summed E-state index contributed by atoms with van der Waals surface area (Å²) in [6, 6.07) is 8.66. The Balaban J connectivity index is 1.43. The smallest absolute Gasteiger partial charge is 0.409 e. The van der Waals surface area contributed by atoms with E-state index >= 15 is 0 Å². The van der Waals surface area contributed by atoms with Crippen LogP contribution in [-0.4, -0.2) is 61.3 Å². The van der Waals surface area contributed by atoms with E-state index in [1.54, 1.807) is 11.9 Å². The number of fused-ring (bicyclic) bond motifs is 1. The van der Waals surface area contributed by atoms with Gasteiger partial charge in [-0.25, -0.2) is 4.79 Å². The van der Waals surface area contributed by atoms with E-state index in [0.29, 0.717) is 25.7 Å². The SMILES string of the molecule is CCOC(=O)N1CCC(NC(=NC)NCCc2c[nH]c3ccccc23)CC1. The molecule has 1 amide bonds. The molecular formula is C20H29N5O2. The summed E-state index contributed by atoms with van der Waals surface area (Å²) in [5.74, 6) is 0.810. The second-order valence-corrected chi connectivity index (χ2v) is 6.71. The second-order valence-electron chi connectivity index (χ2n) is 6.71. The van der Waals surface area contributed by atoms with E-state index in [1.807, 2.05) is 13.0 Å². The van der Waals surface area contributed by atoms with Gasteiger partial charge < -0.3 is 25.3 Å². The average Bonchev–Trinajstić information content (AvgIpc) is 3.11. The number of benzene rings is 1. The number of amides is 1. The van der Waals surface area contributed by atoms with Crippen molar-refractivity contribution in [3.8, 4) is 0 Å². The molecule has 27 heavy (non-hydrogen) atoms. The van der Waals surface area contributed by atoms with E-state index in [1.165, 1.54) is 16.5 Å². The molecule has 0 radical (unpaired) electrons. The summed E-state index contributed by atoms with van der Waals surface area (Å²) in [4.78, 5) is 21.2. The third kappa shape index (κ3) is 4.93. The van der Waals surface area contributed by atoms with E-state index in [-0.39, 0.29) is 6.09 Å². The molecule has 1 aromatic heterocycles. The Bertz CT molecular complexity index is 778. The molecule has 1 fully saturated rings. The first-order chi connectivity index (χ1) is 13.2. The van der Waals surface area contributed by atoms with Gasteiger partial charge in [-0.15, -0.1) is 0 Å². The fraction of sp³-hybridized carbons (Fsp3) is 0.500. The van der Waals surface area contributed by atoms with Crippen LogP contribution >= 0.6 is 0 Å². The number of guanidine groups is 1. The Morgan fingerprint density at radius 3 is 2.85 bits per heavy atom. The van der Waals surface area contributed by atoms with Crippen molar-refractivity contribution >= 4 is 23.0 Å². The van der Waals surface area contributed by atoms with Gasteiger partial charge >= 0.3 is 6.09 Å². The highest BCUT2D eigenvalue weighted by Gasteiger charge is 2.23. The Kier molecular flexibility index (Phi) is 6.57. The zero-order valence-electron chi connectivity index (χ0n) is 16.1. The lowest BCUT2D eigenvalue weighted by Gasteiger charge is -2.32. The number of aromatic amines is 1. The molecule has 2 aromatic rings. The highest BCUT2D eigenvalue weighted by molar-refractivity contribution is 5.83. The molecule has 3 N–H and O–H groups in total. The van der Waals surface area contributed by atoms with Crippen LogP contribution in [0.4, 0.5) is 4.79 Å². The Morgan fingerprint density at radius 2 is 2.11 bits per heavy atom. The van der Waals surface area contributed by atoms with Crippen molar-refractivity contribution in [3.63, 3.8) is 0 Å². The lowest BCUT2D eigenvalue weighted by molar-refractivity contribution is 0.0963. The van der Waals surface area contributed by atoms with Gasteiger partial charge in [-0.05, 0) is 37.8 Å². The van der Waals surface area contributed by atoms with Gasteiger partial charge in [-0.2, -0.15) is 0 Å². The number of piperidine rings is 1. The van der Waals surface area contributed by atoms with E-state index in [4.69, 9.17) is 4.74 Å². The third-order valence-electron chi connectivity index (χ3n) is 4.95. The van der Waals surface area contributed by atoms with Crippen LogP contribution in [0, 0.1) is 0 Å². The second kappa shape index (κ2) is 9.30. The summed E-state index contributed by atoms with van der Waals surface area (Å²) in [6.07, 6.45) is 4.57. The van der Waals surface area contributed by atoms with Gasteiger partial charge in [0.25, 0.3) is 0 Å². The van der Waals surface area contributed by atoms with Crippen molar-refractivity contribution in [2.75, 3.05) is 33.3 Å². The maximum Gasteiger partial charge on any atom is 0.409 e. The van der Waals surface area contributed by atoms with Crippen LogP contribution < -0.4 is 10.6 Å². The fourth-order valence-corrected chi connectivity index (χ4v) is 3.46. The molecular weight excluding hydrogens is 342 g/mol. The van der Waals surface area contributed by atoms with Crippen molar-refractivity contribution in [3.05, 3.63) is 36.0 Å². The van der Waals surface area contributed by atoms with E-state index < -0.39 is 0 Å². The number of H-pyrrole nitrogens is 1. The molecule has 1 aliphatic heterocycles. The number of hydrogen-bond acceptors (Lipinski definition) is 3. The maximum absolute atomic E-state index is 11.8. The van der Waals surface area contributed by atoms with Crippen LogP contribution in [0.15, 0.2) is 35.5 Å². The van der Waals surface area contributed by atoms with Gasteiger partial charge in [-0.1, -0.05) is 18.2 Å². The number of para-hydroxylation sites is 1.